The zero-order valence-electron chi connectivity index (χ0n) is 16.4. The number of hydrogen-bond acceptors (Lipinski definition) is 3. The second-order valence-corrected chi connectivity index (χ2v) is 7.08. The van der Waals surface area contributed by atoms with Crippen LogP contribution in [0.3, 0.4) is 0 Å². The van der Waals surface area contributed by atoms with Crippen molar-refractivity contribution in [3.8, 4) is 5.75 Å². The molecule has 144 valence electrons. The Morgan fingerprint density at radius 3 is 2.73 bits per heavy atom. The van der Waals surface area contributed by atoms with E-state index in [-0.39, 0.29) is 17.9 Å². The van der Waals surface area contributed by atoms with Crippen LogP contribution in [0.2, 0.25) is 0 Å². The van der Waals surface area contributed by atoms with Gasteiger partial charge in [0.05, 0.1) is 6.61 Å². The largest absolute Gasteiger partial charge is 0.494 e. The Labute approximate surface area is 157 Å². The summed E-state index contributed by atoms with van der Waals surface area (Å²) in [6, 6.07) is 8.34. The molecule has 1 fully saturated rings. The summed E-state index contributed by atoms with van der Waals surface area (Å²) in [7, 11) is 1.77. The van der Waals surface area contributed by atoms with Gasteiger partial charge in [0, 0.05) is 38.6 Å². The molecule has 0 saturated carbocycles. The minimum absolute atomic E-state index is 0.0553. The first-order valence-corrected chi connectivity index (χ1v) is 9.45. The number of hydrogen-bond donors (Lipinski definition) is 2. The molecule has 0 spiro atoms. The second kappa shape index (κ2) is 10.0. The number of carbonyl (C=O) groups excluding carboxylic acids is 1. The van der Waals surface area contributed by atoms with Gasteiger partial charge in [0.15, 0.2) is 5.96 Å². The highest BCUT2D eigenvalue weighted by atomic mass is 16.5. The van der Waals surface area contributed by atoms with Crippen molar-refractivity contribution in [3.63, 3.8) is 0 Å². The predicted molar refractivity (Wildman–Crippen MR) is 106 cm³/mol. The molecule has 1 saturated heterocycles. The number of benzene rings is 1. The molecule has 2 N–H and O–H groups in total. The molecule has 0 bridgehead atoms. The van der Waals surface area contributed by atoms with Crippen molar-refractivity contribution in [2.75, 3.05) is 33.3 Å². The smallest absolute Gasteiger partial charge is 0.225 e. The maximum absolute atomic E-state index is 12.1. The van der Waals surface area contributed by atoms with Gasteiger partial charge in [-0.25, -0.2) is 0 Å². The van der Waals surface area contributed by atoms with Crippen LogP contribution < -0.4 is 15.4 Å². The summed E-state index contributed by atoms with van der Waals surface area (Å²) in [5.41, 5.74) is 1.23. The molecular formula is C20H32N4O2. The number of aliphatic imine (C=N–C) groups is 1. The van der Waals surface area contributed by atoms with Gasteiger partial charge in [-0.2, -0.15) is 0 Å². The molecule has 0 aliphatic carbocycles. The highest BCUT2D eigenvalue weighted by Gasteiger charge is 2.27. The van der Waals surface area contributed by atoms with Crippen LogP contribution in [0.5, 0.6) is 5.75 Å². The summed E-state index contributed by atoms with van der Waals surface area (Å²) in [5.74, 6) is 1.97. The number of amides is 1. The van der Waals surface area contributed by atoms with Gasteiger partial charge in [-0.05, 0) is 31.9 Å². The summed E-state index contributed by atoms with van der Waals surface area (Å²) in [6.07, 6.45) is 1.84. The Morgan fingerprint density at radius 2 is 2.08 bits per heavy atom. The highest BCUT2D eigenvalue weighted by Crippen LogP contribution is 2.13. The van der Waals surface area contributed by atoms with Gasteiger partial charge in [0.25, 0.3) is 0 Å². The number of nitrogens with zero attached hydrogens (tertiary/aromatic N) is 2. The zero-order chi connectivity index (χ0) is 18.9. The van der Waals surface area contributed by atoms with Gasteiger partial charge >= 0.3 is 0 Å². The molecule has 0 radical (unpaired) electrons. The molecule has 1 aliphatic rings. The Kier molecular flexibility index (Phi) is 7.75. The van der Waals surface area contributed by atoms with E-state index in [0.717, 1.165) is 44.2 Å². The van der Waals surface area contributed by atoms with Crippen LogP contribution in [0.4, 0.5) is 0 Å². The number of aryl methyl sites for hydroxylation is 1. The maximum Gasteiger partial charge on any atom is 0.225 e. The fourth-order valence-corrected chi connectivity index (χ4v) is 2.93. The molecular weight excluding hydrogens is 328 g/mol. The minimum atomic E-state index is 0.0553. The summed E-state index contributed by atoms with van der Waals surface area (Å²) in [5, 5.41) is 6.72. The van der Waals surface area contributed by atoms with E-state index < -0.39 is 0 Å². The third-order valence-electron chi connectivity index (χ3n) is 4.46. The lowest BCUT2D eigenvalue weighted by atomic mass is 10.2. The molecule has 2 rings (SSSR count). The Bertz CT molecular complexity index is 598. The van der Waals surface area contributed by atoms with E-state index in [2.05, 4.69) is 22.5 Å². The van der Waals surface area contributed by atoms with Crippen molar-refractivity contribution >= 4 is 11.9 Å². The van der Waals surface area contributed by atoms with Crippen molar-refractivity contribution in [1.29, 1.82) is 0 Å². The first-order chi connectivity index (χ1) is 12.5. The fourth-order valence-electron chi connectivity index (χ4n) is 2.93. The van der Waals surface area contributed by atoms with E-state index in [0.29, 0.717) is 6.61 Å². The van der Waals surface area contributed by atoms with Crippen molar-refractivity contribution in [2.24, 2.45) is 10.9 Å². The average Bonchev–Trinajstić information content (AvgIpc) is 3.09. The molecule has 1 aliphatic heterocycles. The third-order valence-corrected chi connectivity index (χ3v) is 4.46. The number of ether oxygens (including phenoxy) is 1. The van der Waals surface area contributed by atoms with E-state index in [1.54, 1.807) is 7.05 Å². The van der Waals surface area contributed by atoms with E-state index in [1.807, 2.05) is 43.0 Å². The van der Waals surface area contributed by atoms with Crippen molar-refractivity contribution in [3.05, 3.63) is 29.8 Å². The van der Waals surface area contributed by atoms with Crippen LogP contribution >= 0.6 is 0 Å². The molecule has 0 aromatic heterocycles. The number of guanidine groups is 1. The van der Waals surface area contributed by atoms with Gasteiger partial charge < -0.3 is 20.3 Å². The molecule has 1 aromatic carbocycles. The standard InChI is InChI=1S/C20H32N4O2/c1-15(2)19(25)24-12-10-17(14-24)23-20(21-4)22-11-5-13-26-18-8-6-16(3)7-9-18/h6-9,15,17H,5,10-14H2,1-4H3,(H2,21,22,23). The Hall–Kier alpha value is -2.24. The molecule has 1 unspecified atom stereocenters. The van der Waals surface area contributed by atoms with Gasteiger partial charge in [-0.3, -0.25) is 9.79 Å². The van der Waals surface area contributed by atoms with Gasteiger partial charge in [-0.1, -0.05) is 31.5 Å². The number of likely N-dealkylation sites (tertiary alicyclic amines) is 1. The molecule has 6 nitrogen and oxygen atoms in total. The van der Waals surface area contributed by atoms with Crippen LogP contribution in [0.1, 0.15) is 32.3 Å². The van der Waals surface area contributed by atoms with E-state index >= 15 is 0 Å². The molecule has 1 atom stereocenters. The molecule has 6 heteroatoms. The monoisotopic (exact) mass is 360 g/mol. The summed E-state index contributed by atoms with van der Waals surface area (Å²) in [4.78, 5) is 18.3. The first kappa shape index (κ1) is 20.1. The van der Waals surface area contributed by atoms with Crippen molar-refractivity contribution < 1.29 is 9.53 Å². The van der Waals surface area contributed by atoms with Crippen LogP contribution in [0.25, 0.3) is 0 Å². The summed E-state index contributed by atoms with van der Waals surface area (Å²) in [6.45, 7) is 8.96. The average molecular weight is 361 g/mol. The minimum Gasteiger partial charge on any atom is -0.494 e. The Balaban J connectivity index is 1.64. The molecule has 1 heterocycles. The normalized spacial score (nSPS) is 17.5. The highest BCUT2D eigenvalue weighted by molar-refractivity contribution is 5.81. The lowest BCUT2D eigenvalue weighted by Gasteiger charge is -2.20. The zero-order valence-corrected chi connectivity index (χ0v) is 16.4. The van der Waals surface area contributed by atoms with Crippen LogP contribution in [0, 0.1) is 12.8 Å². The second-order valence-electron chi connectivity index (χ2n) is 7.08. The van der Waals surface area contributed by atoms with Crippen LogP contribution in [0.15, 0.2) is 29.3 Å². The fraction of sp³-hybridized carbons (Fsp3) is 0.600. The third kappa shape index (κ3) is 6.24. The van der Waals surface area contributed by atoms with Crippen LogP contribution in [-0.4, -0.2) is 56.1 Å². The lowest BCUT2D eigenvalue weighted by Crippen LogP contribution is -2.45. The number of carbonyl (C=O) groups is 1. The van der Waals surface area contributed by atoms with Crippen molar-refractivity contribution in [2.45, 2.75) is 39.7 Å². The molecule has 1 amide bonds. The summed E-state index contributed by atoms with van der Waals surface area (Å²) < 4.78 is 5.73. The SMILES string of the molecule is CN=C(NCCCOc1ccc(C)cc1)NC1CCN(C(=O)C(C)C)C1. The van der Waals surface area contributed by atoms with E-state index in [1.165, 1.54) is 5.56 Å². The van der Waals surface area contributed by atoms with Crippen LogP contribution in [-0.2, 0) is 4.79 Å². The topological polar surface area (TPSA) is 66.0 Å². The van der Waals surface area contributed by atoms with Gasteiger partial charge in [0.2, 0.25) is 5.91 Å². The summed E-state index contributed by atoms with van der Waals surface area (Å²) >= 11 is 0. The quantitative estimate of drug-likeness (QED) is 0.444. The predicted octanol–water partition coefficient (Wildman–Crippen LogP) is 2.19. The Morgan fingerprint density at radius 1 is 1.35 bits per heavy atom. The number of nitrogens with one attached hydrogen (secondary N) is 2. The first-order valence-electron chi connectivity index (χ1n) is 9.45. The van der Waals surface area contributed by atoms with Gasteiger partial charge in [-0.15, -0.1) is 0 Å². The van der Waals surface area contributed by atoms with E-state index in [9.17, 15) is 4.79 Å². The van der Waals surface area contributed by atoms with E-state index in [4.69, 9.17) is 4.74 Å². The van der Waals surface area contributed by atoms with Crippen molar-refractivity contribution in [1.82, 2.24) is 15.5 Å². The van der Waals surface area contributed by atoms with Gasteiger partial charge in [0.1, 0.15) is 5.75 Å². The molecule has 1 aromatic rings. The maximum atomic E-state index is 12.1. The number of rotatable bonds is 7. The lowest BCUT2D eigenvalue weighted by molar-refractivity contribution is -0.133. The molecule has 26 heavy (non-hydrogen) atoms.